The molecule has 0 aliphatic carbocycles. The van der Waals surface area contributed by atoms with Crippen molar-refractivity contribution in [2.45, 2.75) is 25.5 Å². The number of nitrogens with two attached hydrogens (primary N) is 1. The minimum atomic E-state index is -0.374. The number of carbonyl (C=O) groups excluding carboxylic acids is 2. The molecule has 1 saturated heterocycles. The van der Waals surface area contributed by atoms with E-state index in [0.29, 0.717) is 25.9 Å². The third-order valence-electron chi connectivity index (χ3n) is 3.93. The maximum absolute atomic E-state index is 12.1. The van der Waals surface area contributed by atoms with Crippen LogP contribution in [0, 0.1) is 5.92 Å². The summed E-state index contributed by atoms with van der Waals surface area (Å²) in [6, 6.07) is 9.22. The van der Waals surface area contributed by atoms with E-state index in [2.05, 4.69) is 0 Å². The minimum absolute atomic E-state index is 0.239. The molecule has 1 fully saturated rings. The third kappa shape index (κ3) is 4.21. The molecular formula is C16H22N2O4. The molecule has 1 heterocycles. The van der Waals surface area contributed by atoms with E-state index in [-0.39, 0.29) is 30.6 Å². The van der Waals surface area contributed by atoms with Gasteiger partial charge in [-0.1, -0.05) is 30.3 Å². The first-order chi connectivity index (χ1) is 10.6. The van der Waals surface area contributed by atoms with Gasteiger partial charge in [0.25, 0.3) is 0 Å². The van der Waals surface area contributed by atoms with Gasteiger partial charge in [-0.3, -0.25) is 4.79 Å². The predicted octanol–water partition coefficient (Wildman–Crippen LogP) is 1.54. The molecule has 2 rings (SSSR count). The molecule has 2 atom stereocenters. The number of carbonyl (C=O) groups is 2. The summed E-state index contributed by atoms with van der Waals surface area (Å²) in [5, 5.41) is 0. The predicted molar refractivity (Wildman–Crippen MR) is 80.9 cm³/mol. The van der Waals surface area contributed by atoms with Crippen LogP contribution in [0.2, 0.25) is 0 Å². The summed E-state index contributed by atoms with van der Waals surface area (Å²) >= 11 is 0. The van der Waals surface area contributed by atoms with Gasteiger partial charge in [-0.25, -0.2) is 4.79 Å². The number of nitrogens with zero attached hydrogens (tertiary/aromatic N) is 1. The summed E-state index contributed by atoms with van der Waals surface area (Å²) in [4.78, 5) is 25.4. The number of amides is 1. The van der Waals surface area contributed by atoms with Crippen LogP contribution in [0.4, 0.5) is 4.79 Å². The van der Waals surface area contributed by atoms with E-state index in [0.717, 1.165) is 5.56 Å². The van der Waals surface area contributed by atoms with Crippen molar-refractivity contribution in [1.29, 1.82) is 0 Å². The second-order valence-electron chi connectivity index (χ2n) is 5.40. The maximum atomic E-state index is 12.1. The first-order valence-corrected chi connectivity index (χ1v) is 7.41. The third-order valence-corrected chi connectivity index (χ3v) is 3.93. The first kappa shape index (κ1) is 16.3. The quantitative estimate of drug-likeness (QED) is 0.857. The highest BCUT2D eigenvalue weighted by atomic mass is 16.6. The van der Waals surface area contributed by atoms with E-state index in [1.165, 1.54) is 7.11 Å². The summed E-state index contributed by atoms with van der Waals surface area (Å²) in [5.74, 6) is -0.677. The van der Waals surface area contributed by atoms with Gasteiger partial charge < -0.3 is 20.1 Å². The number of hydrogen-bond acceptors (Lipinski definition) is 5. The number of benzene rings is 1. The molecule has 1 amide bonds. The Bertz CT molecular complexity index is 506. The Hall–Kier alpha value is -2.08. The van der Waals surface area contributed by atoms with Gasteiger partial charge in [0.2, 0.25) is 0 Å². The lowest BCUT2D eigenvalue weighted by molar-refractivity contribution is -0.146. The maximum Gasteiger partial charge on any atom is 0.410 e. The van der Waals surface area contributed by atoms with Crippen molar-refractivity contribution in [3.8, 4) is 0 Å². The molecule has 6 nitrogen and oxygen atoms in total. The highest BCUT2D eigenvalue weighted by molar-refractivity contribution is 5.73. The molecule has 0 bridgehead atoms. The van der Waals surface area contributed by atoms with Crippen molar-refractivity contribution in [2.24, 2.45) is 11.7 Å². The number of methoxy groups -OCH3 is 1. The number of esters is 1. The molecule has 1 aliphatic rings. The number of hydrogen-bond donors (Lipinski definition) is 1. The van der Waals surface area contributed by atoms with Crippen molar-refractivity contribution in [1.82, 2.24) is 4.90 Å². The molecule has 0 radical (unpaired) electrons. The SMILES string of the molecule is COC(=O)C1CCN(C(=O)OCc2ccccc2)CCC1N. The van der Waals surface area contributed by atoms with Gasteiger partial charge in [0.15, 0.2) is 0 Å². The summed E-state index contributed by atoms with van der Waals surface area (Å²) < 4.78 is 10.1. The van der Waals surface area contributed by atoms with Crippen molar-refractivity contribution in [3.63, 3.8) is 0 Å². The second kappa shape index (κ2) is 7.79. The Morgan fingerprint density at radius 3 is 2.59 bits per heavy atom. The largest absolute Gasteiger partial charge is 0.469 e. The van der Waals surface area contributed by atoms with E-state index in [9.17, 15) is 9.59 Å². The number of ether oxygens (including phenoxy) is 2. The Morgan fingerprint density at radius 1 is 1.23 bits per heavy atom. The lowest BCUT2D eigenvalue weighted by Gasteiger charge is -2.19. The van der Waals surface area contributed by atoms with E-state index >= 15 is 0 Å². The normalized spacial score (nSPS) is 21.8. The van der Waals surface area contributed by atoms with Gasteiger partial charge in [-0.15, -0.1) is 0 Å². The fraction of sp³-hybridized carbons (Fsp3) is 0.500. The Kier molecular flexibility index (Phi) is 5.77. The lowest BCUT2D eigenvalue weighted by Crippen LogP contribution is -2.36. The molecule has 120 valence electrons. The molecule has 0 aromatic heterocycles. The Morgan fingerprint density at radius 2 is 1.91 bits per heavy atom. The van der Waals surface area contributed by atoms with Crippen LogP contribution in [0.15, 0.2) is 30.3 Å². The van der Waals surface area contributed by atoms with Crippen molar-refractivity contribution >= 4 is 12.1 Å². The van der Waals surface area contributed by atoms with Crippen molar-refractivity contribution < 1.29 is 19.1 Å². The smallest absolute Gasteiger partial charge is 0.410 e. The highest BCUT2D eigenvalue weighted by Gasteiger charge is 2.31. The molecule has 1 aromatic rings. The Balaban J connectivity index is 1.87. The fourth-order valence-electron chi connectivity index (χ4n) is 2.56. The molecule has 2 N–H and O–H groups in total. The number of likely N-dealkylation sites (tertiary alicyclic amines) is 1. The lowest BCUT2D eigenvalue weighted by atomic mass is 9.96. The topological polar surface area (TPSA) is 81.9 Å². The van der Waals surface area contributed by atoms with Crippen LogP contribution < -0.4 is 5.73 Å². The summed E-state index contributed by atoms with van der Waals surface area (Å²) in [5.41, 5.74) is 6.94. The van der Waals surface area contributed by atoms with E-state index in [1.807, 2.05) is 30.3 Å². The van der Waals surface area contributed by atoms with Crippen LogP contribution in [0.3, 0.4) is 0 Å². The monoisotopic (exact) mass is 306 g/mol. The van der Waals surface area contributed by atoms with E-state index < -0.39 is 0 Å². The molecular weight excluding hydrogens is 284 g/mol. The zero-order chi connectivity index (χ0) is 15.9. The van der Waals surface area contributed by atoms with Gasteiger partial charge in [0, 0.05) is 19.1 Å². The first-order valence-electron chi connectivity index (χ1n) is 7.41. The van der Waals surface area contributed by atoms with Crippen LogP contribution in [-0.4, -0.2) is 43.2 Å². The molecule has 0 saturated carbocycles. The van der Waals surface area contributed by atoms with E-state index in [1.54, 1.807) is 4.90 Å². The van der Waals surface area contributed by atoms with Gasteiger partial charge in [0.05, 0.1) is 13.0 Å². The molecule has 6 heteroatoms. The zero-order valence-corrected chi connectivity index (χ0v) is 12.7. The average molecular weight is 306 g/mol. The zero-order valence-electron chi connectivity index (χ0n) is 12.7. The van der Waals surface area contributed by atoms with Crippen LogP contribution in [-0.2, 0) is 20.9 Å². The summed E-state index contributed by atoms with van der Waals surface area (Å²) in [6.07, 6.45) is 0.677. The fourth-order valence-corrected chi connectivity index (χ4v) is 2.56. The average Bonchev–Trinajstić information content (AvgIpc) is 2.75. The second-order valence-corrected chi connectivity index (χ2v) is 5.40. The molecule has 1 aromatic carbocycles. The Labute approximate surface area is 130 Å². The van der Waals surface area contributed by atoms with E-state index in [4.69, 9.17) is 15.2 Å². The van der Waals surface area contributed by atoms with Crippen LogP contribution in [0.1, 0.15) is 18.4 Å². The van der Waals surface area contributed by atoms with Crippen LogP contribution in [0.25, 0.3) is 0 Å². The van der Waals surface area contributed by atoms with Gasteiger partial charge in [-0.2, -0.15) is 0 Å². The summed E-state index contributed by atoms with van der Waals surface area (Å²) in [6.45, 7) is 1.17. The van der Waals surface area contributed by atoms with Crippen LogP contribution >= 0.6 is 0 Å². The standard InChI is InChI=1S/C16H22N2O4/c1-21-15(19)13-7-9-18(10-8-14(13)17)16(20)22-11-12-5-3-2-4-6-12/h2-6,13-14H,7-11,17H2,1H3. The molecule has 1 aliphatic heterocycles. The van der Waals surface area contributed by atoms with Crippen molar-refractivity contribution in [3.05, 3.63) is 35.9 Å². The van der Waals surface area contributed by atoms with Crippen molar-refractivity contribution in [2.75, 3.05) is 20.2 Å². The van der Waals surface area contributed by atoms with Crippen LogP contribution in [0.5, 0.6) is 0 Å². The molecule has 2 unspecified atom stereocenters. The summed E-state index contributed by atoms with van der Waals surface area (Å²) in [7, 11) is 1.35. The molecule has 22 heavy (non-hydrogen) atoms. The number of rotatable bonds is 3. The van der Waals surface area contributed by atoms with Gasteiger partial charge in [-0.05, 0) is 18.4 Å². The minimum Gasteiger partial charge on any atom is -0.469 e. The van der Waals surface area contributed by atoms with Gasteiger partial charge >= 0.3 is 12.1 Å². The highest BCUT2D eigenvalue weighted by Crippen LogP contribution is 2.19. The molecule has 0 spiro atoms. The van der Waals surface area contributed by atoms with Gasteiger partial charge in [0.1, 0.15) is 6.61 Å².